The zero-order chi connectivity index (χ0) is 10.8. The van der Waals surface area contributed by atoms with Gasteiger partial charge in [0.1, 0.15) is 6.79 Å². The van der Waals surface area contributed by atoms with Crippen LogP contribution in [0.3, 0.4) is 0 Å². The average Bonchev–Trinajstić information content (AvgIpc) is 2.71. The maximum absolute atomic E-state index is 11.4. The lowest BCUT2D eigenvalue weighted by molar-refractivity contribution is 0.0215. The Kier molecular flexibility index (Phi) is 2.53. The molecule has 1 atom stereocenters. The second-order valence-corrected chi connectivity index (χ2v) is 3.07. The van der Waals surface area contributed by atoms with Gasteiger partial charge in [0, 0.05) is 6.20 Å². The van der Waals surface area contributed by atoms with Crippen LogP contribution in [0.25, 0.3) is 6.08 Å². The fraction of sp³-hybridized carbons (Fsp3) is 0.333. The highest BCUT2D eigenvalue weighted by Gasteiger charge is 2.19. The lowest BCUT2D eigenvalue weighted by Crippen LogP contribution is -2.33. The fourth-order valence-electron chi connectivity index (χ4n) is 1.34. The van der Waals surface area contributed by atoms with Crippen LogP contribution in [-0.2, 0) is 9.47 Å². The van der Waals surface area contributed by atoms with E-state index >= 15 is 0 Å². The van der Waals surface area contributed by atoms with Gasteiger partial charge in [0.15, 0.2) is 6.23 Å². The summed E-state index contributed by atoms with van der Waals surface area (Å²) in [7, 11) is 0. The van der Waals surface area contributed by atoms with E-state index in [0.29, 0.717) is 12.2 Å². The first kappa shape index (κ1) is 9.88. The number of aromatic amines is 1. The molecule has 2 heterocycles. The van der Waals surface area contributed by atoms with Crippen LogP contribution in [0.4, 0.5) is 0 Å². The third kappa shape index (κ3) is 1.77. The summed E-state index contributed by atoms with van der Waals surface area (Å²) in [5, 5.41) is 0. The van der Waals surface area contributed by atoms with Crippen LogP contribution in [0.15, 0.2) is 22.4 Å². The molecular formula is C9H10N2O4. The molecule has 15 heavy (non-hydrogen) atoms. The van der Waals surface area contributed by atoms with E-state index in [4.69, 9.17) is 9.47 Å². The van der Waals surface area contributed by atoms with Crippen LogP contribution in [0.2, 0.25) is 0 Å². The van der Waals surface area contributed by atoms with E-state index in [2.05, 4.69) is 11.6 Å². The zero-order valence-electron chi connectivity index (χ0n) is 7.93. The first-order valence-corrected chi connectivity index (χ1v) is 4.39. The number of ether oxygens (including phenoxy) is 2. The predicted octanol–water partition coefficient (Wildman–Crippen LogP) is -0.318. The second kappa shape index (κ2) is 3.84. The summed E-state index contributed by atoms with van der Waals surface area (Å²) < 4.78 is 11.4. The number of H-pyrrole nitrogens is 1. The quantitative estimate of drug-likeness (QED) is 0.726. The van der Waals surface area contributed by atoms with Crippen molar-refractivity contribution < 1.29 is 9.47 Å². The lowest BCUT2D eigenvalue weighted by atomic mass is 10.3. The Bertz CT molecular complexity index is 482. The Hall–Kier alpha value is -1.66. The Morgan fingerprint density at radius 3 is 3.00 bits per heavy atom. The van der Waals surface area contributed by atoms with Gasteiger partial charge in [0.05, 0.1) is 12.2 Å². The molecule has 0 saturated carbocycles. The van der Waals surface area contributed by atoms with Crippen LogP contribution < -0.4 is 11.2 Å². The van der Waals surface area contributed by atoms with Crippen LogP contribution in [-0.4, -0.2) is 23.0 Å². The molecule has 0 unspecified atom stereocenters. The molecule has 2 rings (SSSR count). The van der Waals surface area contributed by atoms with Crippen molar-refractivity contribution in [3.8, 4) is 0 Å². The third-order valence-electron chi connectivity index (χ3n) is 2.13. The lowest BCUT2D eigenvalue weighted by Gasteiger charge is -2.10. The molecule has 6 nitrogen and oxygen atoms in total. The van der Waals surface area contributed by atoms with Crippen molar-refractivity contribution >= 4 is 6.08 Å². The molecule has 1 aromatic heterocycles. The molecule has 1 aliphatic heterocycles. The second-order valence-electron chi connectivity index (χ2n) is 3.07. The smallest absolute Gasteiger partial charge is 0.330 e. The first-order chi connectivity index (χ1) is 7.22. The Balaban J connectivity index is 2.51. The number of rotatable bonds is 2. The molecule has 1 saturated heterocycles. The summed E-state index contributed by atoms with van der Waals surface area (Å²) >= 11 is 0. The monoisotopic (exact) mass is 210 g/mol. The van der Waals surface area contributed by atoms with Gasteiger partial charge >= 0.3 is 5.69 Å². The number of nitrogens with zero attached hydrogens (tertiary/aromatic N) is 1. The predicted molar refractivity (Wildman–Crippen MR) is 52.4 cm³/mol. The van der Waals surface area contributed by atoms with Gasteiger partial charge in [0.25, 0.3) is 5.56 Å². The molecule has 0 bridgehead atoms. The largest absolute Gasteiger partial charge is 0.351 e. The van der Waals surface area contributed by atoms with Crippen LogP contribution >= 0.6 is 0 Å². The van der Waals surface area contributed by atoms with E-state index in [1.807, 2.05) is 0 Å². The van der Waals surface area contributed by atoms with Crippen molar-refractivity contribution in [1.82, 2.24) is 9.55 Å². The minimum absolute atomic E-state index is 0.152. The van der Waals surface area contributed by atoms with Crippen LogP contribution in [0.1, 0.15) is 11.8 Å². The molecule has 0 aliphatic carbocycles. The van der Waals surface area contributed by atoms with Crippen molar-refractivity contribution in [1.29, 1.82) is 0 Å². The summed E-state index contributed by atoms with van der Waals surface area (Å²) in [6.45, 7) is 3.93. The fourth-order valence-corrected chi connectivity index (χ4v) is 1.34. The maximum Gasteiger partial charge on any atom is 0.330 e. The Labute approximate surface area is 84.8 Å². The summed E-state index contributed by atoms with van der Waals surface area (Å²) in [5.41, 5.74) is -0.642. The van der Waals surface area contributed by atoms with Gasteiger partial charge in [-0.1, -0.05) is 12.7 Å². The normalized spacial score (nSPS) is 20.4. The van der Waals surface area contributed by atoms with E-state index in [9.17, 15) is 9.59 Å². The van der Waals surface area contributed by atoms with Gasteiger partial charge in [-0.05, 0) is 0 Å². The van der Waals surface area contributed by atoms with E-state index in [1.165, 1.54) is 16.8 Å². The first-order valence-electron chi connectivity index (χ1n) is 4.39. The van der Waals surface area contributed by atoms with Gasteiger partial charge in [-0.2, -0.15) is 0 Å². The highest BCUT2D eigenvalue weighted by Crippen LogP contribution is 2.12. The van der Waals surface area contributed by atoms with Crippen LogP contribution in [0.5, 0.6) is 0 Å². The third-order valence-corrected chi connectivity index (χ3v) is 2.13. The highest BCUT2D eigenvalue weighted by atomic mass is 16.7. The van der Waals surface area contributed by atoms with Crippen molar-refractivity contribution in [2.24, 2.45) is 0 Å². The van der Waals surface area contributed by atoms with Gasteiger partial charge in [-0.25, -0.2) is 4.79 Å². The van der Waals surface area contributed by atoms with Crippen molar-refractivity contribution in [3.63, 3.8) is 0 Å². The maximum atomic E-state index is 11.4. The number of aromatic nitrogens is 2. The highest BCUT2D eigenvalue weighted by molar-refractivity contribution is 5.43. The minimum Gasteiger partial charge on any atom is -0.351 e. The molecule has 1 aliphatic rings. The van der Waals surface area contributed by atoms with E-state index in [1.54, 1.807) is 0 Å². The van der Waals surface area contributed by atoms with Gasteiger partial charge in [-0.15, -0.1) is 0 Å². The zero-order valence-corrected chi connectivity index (χ0v) is 7.93. The summed E-state index contributed by atoms with van der Waals surface area (Å²) in [5.74, 6) is 0. The molecule has 1 aromatic rings. The summed E-state index contributed by atoms with van der Waals surface area (Å²) in [6, 6.07) is 0. The van der Waals surface area contributed by atoms with Crippen molar-refractivity contribution in [3.05, 3.63) is 39.2 Å². The van der Waals surface area contributed by atoms with Crippen LogP contribution in [0, 0.1) is 0 Å². The van der Waals surface area contributed by atoms with E-state index in [-0.39, 0.29) is 6.79 Å². The van der Waals surface area contributed by atoms with Crippen molar-refractivity contribution in [2.45, 2.75) is 6.23 Å². The average molecular weight is 210 g/mol. The molecule has 1 fully saturated rings. The Morgan fingerprint density at radius 2 is 2.40 bits per heavy atom. The minimum atomic E-state index is -0.513. The SMILES string of the molecule is C=Cc1cn([C@@H]2COCO2)c(=O)[nH]c1=O. The Morgan fingerprint density at radius 1 is 1.60 bits per heavy atom. The number of nitrogens with one attached hydrogen (secondary N) is 1. The van der Waals surface area contributed by atoms with Gasteiger partial charge in [0.2, 0.25) is 0 Å². The molecule has 0 aromatic carbocycles. The summed E-state index contributed by atoms with van der Waals surface area (Å²) in [4.78, 5) is 24.8. The van der Waals surface area contributed by atoms with E-state index in [0.717, 1.165) is 0 Å². The molecule has 0 spiro atoms. The topological polar surface area (TPSA) is 73.3 Å². The number of hydrogen-bond donors (Lipinski definition) is 1. The molecule has 6 heteroatoms. The van der Waals surface area contributed by atoms with E-state index < -0.39 is 17.5 Å². The number of hydrogen-bond acceptors (Lipinski definition) is 4. The molecule has 1 N–H and O–H groups in total. The standard InChI is InChI=1S/C9H10N2O4/c1-2-6-3-11(7-4-14-5-15-7)9(13)10-8(6)12/h2-3,7H,1,4-5H2,(H,10,12,13)/t7-/m0/s1. The molecular weight excluding hydrogens is 200 g/mol. The molecule has 80 valence electrons. The summed E-state index contributed by atoms with van der Waals surface area (Å²) in [6.07, 6.45) is 2.31. The van der Waals surface area contributed by atoms with Crippen molar-refractivity contribution in [2.75, 3.05) is 13.4 Å². The molecule has 0 amide bonds. The molecule has 0 radical (unpaired) electrons. The van der Waals surface area contributed by atoms with Gasteiger partial charge < -0.3 is 9.47 Å². The van der Waals surface area contributed by atoms with Gasteiger partial charge in [-0.3, -0.25) is 14.3 Å².